The Labute approximate surface area is 187 Å². The summed E-state index contributed by atoms with van der Waals surface area (Å²) in [6, 6.07) is 7.87. The quantitative estimate of drug-likeness (QED) is 0.198. The predicted molar refractivity (Wildman–Crippen MR) is 120 cm³/mol. The first-order chi connectivity index (χ1) is 14.4. The first kappa shape index (κ1) is 22.2. The van der Waals surface area contributed by atoms with E-state index in [4.69, 9.17) is 10.5 Å². The molecule has 30 heavy (non-hydrogen) atoms. The number of aliphatic hydroxyl groups is 2. The summed E-state index contributed by atoms with van der Waals surface area (Å²) >= 11 is 2.22. The molecule has 2 heterocycles. The van der Waals surface area contributed by atoms with Crippen LogP contribution in [0, 0.1) is 3.57 Å². The van der Waals surface area contributed by atoms with Gasteiger partial charge in [0.1, 0.15) is 29.6 Å². The van der Waals surface area contributed by atoms with E-state index >= 15 is 0 Å². The summed E-state index contributed by atoms with van der Waals surface area (Å²) in [7, 11) is 1.42. The van der Waals surface area contributed by atoms with E-state index in [9.17, 15) is 15.0 Å². The van der Waals surface area contributed by atoms with E-state index in [0.29, 0.717) is 18.1 Å². The van der Waals surface area contributed by atoms with Crippen LogP contribution in [0.15, 0.2) is 48.4 Å². The van der Waals surface area contributed by atoms with Crippen molar-refractivity contribution in [3.8, 4) is 0 Å². The number of amides is 1. The molecule has 10 nitrogen and oxygen atoms in total. The van der Waals surface area contributed by atoms with Gasteiger partial charge in [-0.25, -0.2) is 4.98 Å². The van der Waals surface area contributed by atoms with Crippen molar-refractivity contribution in [2.24, 2.45) is 10.7 Å². The zero-order valence-corrected chi connectivity index (χ0v) is 18.4. The fraction of sp³-hybridized carbons (Fsp3) is 0.316. The number of nitrogens with one attached hydrogen (secondary N) is 2. The van der Waals surface area contributed by atoms with Crippen molar-refractivity contribution in [1.82, 2.24) is 14.9 Å². The van der Waals surface area contributed by atoms with Gasteiger partial charge in [-0.05, 0) is 46.5 Å². The lowest BCUT2D eigenvalue weighted by atomic mass is 10.1. The molecule has 160 valence electrons. The maximum atomic E-state index is 11.9. The number of ether oxygens (including phenoxy) is 1. The van der Waals surface area contributed by atoms with E-state index in [1.807, 2.05) is 24.3 Å². The maximum Gasteiger partial charge on any atom is 0.251 e. The number of halogens is 1. The molecular formula is C19H23IN6O4. The maximum absolute atomic E-state index is 11.9. The molecule has 0 saturated carbocycles. The summed E-state index contributed by atoms with van der Waals surface area (Å²) in [6.45, 7) is 4.01. The summed E-state index contributed by atoms with van der Waals surface area (Å²) < 4.78 is 8.14. The third-order valence-electron chi connectivity index (χ3n) is 4.61. The number of carbonyl (C=O) groups is 1. The van der Waals surface area contributed by atoms with Gasteiger partial charge in [0.2, 0.25) is 0 Å². The number of hydrogen-bond donors (Lipinski definition) is 5. The first-order valence-electron chi connectivity index (χ1n) is 9.09. The molecule has 1 amide bonds. The minimum Gasteiger partial charge on any atom is -0.387 e. The van der Waals surface area contributed by atoms with Crippen molar-refractivity contribution in [2.45, 2.75) is 31.1 Å². The smallest absolute Gasteiger partial charge is 0.251 e. The SMILES string of the molecule is C=CNc1c(C(N)=NCc2cccc(I)c2)ncn1[C@@H]1O[C@H](C(=O)NC)[C@@H](O)[C@H]1O. The zero-order chi connectivity index (χ0) is 21.8. The van der Waals surface area contributed by atoms with Crippen molar-refractivity contribution in [3.05, 3.63) is 58.2 Å². The van der Waals surface area contributed by atoms with E-state index in [2.05, 4.69) is 49.8 Å². The number of hydrogen-bond acceptors (Lipinski definition) is 7. The number of carbonyl (C=O) groups excluding carboxylic acids is 1. The Hall–Kier alpha value is -2.48. The Morgan fingerprint density at radius 2 is 2.23 bits per heavy atom. The number of amidine groups is 1. The Balaban J connectivity index is 1.89. The molecule has 3 rings (SSSR count). The summed E-state index contributed by atoms with van der Waals surface area (Å²) in [4.78, 5) is 20.6. The summed E-state index contributed by atoms with van der Waals surface area (Å²) in [5, 5.41) is 25.9. The van der Waals surface area contributed by atoms with Crippen LogP contribution in [-0.2, 0) is 16.1 Å². The predicted octanol–water partition coefficient (Wildman–Crippen LogP) is 0.314. The van der Waals surface area contributed by atoms with Crippen molar-refractivity contribution in [3.63, 3.8) is 0 Å². The number of rotatable bonds is 7. The second kappa shape index (κ2) is 9.55. The lowest BCUT2D eigenvalue weighted by Gasteiger charge is -2.19. The Morgan fingerprint density at radius 1 is 1.47 bits per heavy atom. The second-order valence-electron chi connectivity index (χ2n) is 6.57. The van der Waals surface area contributed by atoms with Crippen LogP contribution in [0.3, 0.4) is 0 Å². The van der Waals surface area contributed by atoms with Gasteiger partial charge < -0.3 is 31.3 Å². The standard InChI is InChI=1S/C19H23IN6O4/c1-3-23-17-12(16(21)24-8-10-5-4-6-11(20)7-10)25-9-26(17)19-14(28)13(27)15(30-19)18(29)22-2/h3-7,9,13-15,19,23,27-28H,1,8H2,2H3,(H2,21,24)(H,22,29)/t13-,14+,15-,19+/m0/s1. The number of aromatic nitrogens is 2. The highest BCUT2D eigenvalue weighted by Crippen LogP contribution is 2.33. The van der Waals surface area contributed by atoms with Crippen molar-refractivity contribution in [1.29, 1.82) is 0 Å². The minimum absolute atomic E-state index is 0.174. The van der Waals surface area contributed by atoms with Gasteiger partial charge in [0.15, 0.2) is 12.3 Å². The molecule has 0 bridgehead atoms. The van der Waals surface area contributed by atoms with Crippen LogP contribution in [-0.4, -0.2) is 56.9 Å². The van der Waals surface area contributed by atoms with Crippen LogP contribution in [0.2, 0.25) is 0 Å². The Kier molecular flexibility index (Phi) is 7.07. The van der Waals surface area contributed by atoms with Gasteiger partial charge in [-0.3, -0.25) is 14.4 Å². The summed E-state index contributed by atoms with van der Waals surface area (Å²) in [5.74, 6) is -0.00302. The zero-order valence-electron chi connectivity index (χ0n) is 16.2. The molecule has 0 aliphatic carbocycles. The Bertz CT molecular complexity index is 962. The van der Waals surface area contributed by atoms with Gasteiger partial charge in [0.25, 0.3) is 5.91 Å². The topological polar surface area (TPSA) is 147 Å². The highest BCUT2D eigenvalue weighted by molar-refractivity contribution is 14.1. The molecule has 11 heteroatoms. The molecule has 6 N–H and O–H groups in total. The molecule has 1 aliphatic rings. The second-order valence-corrected chi connectivity index (χ2v) is 7.82. The van der Waals surface area contributed by atoms with E-state index in [1.54, 1.807) is 0 Å². The molecule has 1 aliphatic heterocycles. The van der Waals surface area contributed by atoms with Gasteiger partial charge in [-0.2, -0.15) is 0 Å². The monoisotopic (exact) mass is 526 g/mol. The first-order valence-corrected chi connectivity index (χ1v) is 10.2. The van der Waals surface area contributed by atoms with Gasteiger partial charge in [-0.15, -0.1) is 0 Å². The summed E-state index contributed by atoms with van der Waals surface area (Å²) in [6.07, 6.45) is -2.23. The number of likely N-dealkylation sites (N-methyl/N-ethyl adjacent to an activating group) is 1. The van der Waals surface area contributed by atoms with Crippen LogP contribution >= 0.6 is 22.6 Å². The van der Waals surface area contributed by atoms with Crippen LogP contribution in [0.25, 0.3) is 0 Å². The van der Waals surface area contributed by atoms with E-state index in [-0.39, 0.29) is 5.84 Å². The number of nitrogens with two attached hydrogens (primary N) is 1. The molecule has 0 spiro atoms. The number of benzene rings is 1. The molecule has 2 aromatic rings. The van der Waals surface area contributed by atoms with Gasteiger partial charge in [0, 0.05) is 10.6 Å². The molecule has 1 saturated heterocycles. The number of anilines is 1. The van der Waals surface area contributed by atoms with Gasteiger partial charge in [0.05, 0.1) is 12.9 Å². The third-order valence-corrected chi connectivity index (χ3v) is 5.28. The lowest BCUT2D eigenvalue weighted by molar-refractivity contribution is -0.137. The van der Waals surface area contributed by atoms with E-state index in [0.717, 1.165) is 9.13 Å². The Morgan fingerprint density at radius 3 is 2.90 bits per heavy atom. The van der Waals surface area contributed by atoms with Crippen LogP contribution in [0.5, 0.6) is 0 Å². The fourth-order valence-electron chi connectivity index (χ4n) is 3.12. The highest BCUT2D eigenvalue weighted by atomic mass is 127. The van der Waals surface area contributed by atoms with Crippen molar-refractivity contribution >= 4 is 40.2 Å². The molecule has 1 fully saturated rings. The normalized spacial score (nSPS) is 23.9. The third kappa shape index (κ3) is 4.48. The van der Waals surface area contributed by atoms with Crippen LogP contribution in [0.1, 0.15) is 17.5 Å². The van der Waals surface area contributed by atoms with E-state index in [1.165, 1.54) is 24.1 Å². The van der Waals surface area contributed by atoms with Crippen molar-refractivity contribution in [2.75, 3.05) is 12.4 Å². The van der Waals surface area contributed by atoms with E-state index < -0.39 is 30.4 Å². The molecular weight excluding hydrogens is 503 g/mol. The van der Waals surface area contributed by atoms with Gasteiger partial charge >= 0.3 is 0 Å². The summed E-state index contributed by atoms with van der Waals surface area (Å²) in [5.41, 5.74) is 7.49. The lowest BCUT2D eigenvalue weighted by Crippen LogP contribution is -2.41. The number of imidazole rings is 1. The fourth-order valence-corrected chi connectivity index (χ4v) is 3.72. The average Bonchev–Trinajstić information content (AvgIpc) is 3.27. The number of aliphatic hydroxyl groups excluding tert-OH is 2. The number of aliphatic imine (C=N–C) groups is 1. The molecule has 4 atom stereocenters. The molecule has 1 aromatic carbocycles. The molecule has 0 radical (unpaired) electrons. The van der Waals surface area contributed by atoms with Gasteiger partial charge in [-0.1, -0.05) is 18.7 Å². The average molecular weight is 526 g/mol. The van der Waals surface area contributed by atoms with Crippen LogP contribution in [0.4, 0.5) is 5.82 Å². The molecule has 0 unspecified atom stereocenters. The molecule has 1 aromatic heterocycles. The highest BCUT2D eigenvalue weighted by Gasteiger charge is 2.47. The largest absolute Gasteiger partial charge is 0.387 e. The minimum atomic E-state index is -1.40. The number of nitrogens with zero attached hydrogens (tertiary/aromatic N) is 3. The van der Waals surface area contributed by atoms with Crippen LogP contribution < -0.4 is 16.4 Å². The van der Waals surface area contributed by atoms with Crippen molar-refractivity contribution < 1.29 is 19.7 Å².